The van der Waals surface area contributed by atoms with Gasteiger partial charge in [0.15, 0.2) is 0 Å². The number of para-hydroxylation sites is 1. The van der Waals surface area contributed by atoms with Crippen LogP contribution in [0.25, 0.3) is 0 Å². The second kappa shape index (κ2) is 4.88. The highest BCUT2D eigenvalue weighted by Crippen LogP contribution is 2.40. The number of fused-ring (bicyclic) bond motifs is 1. The third-order valence-corrected chi connectivity index (χ3v) is 3.26. The first kappa shape index (κ1) is 13.3. The standard InChI is InChI=1S/C15H16O4/c1-4-5-9-15(14(17)18-3)13(16)11-8-6-7-10(2)12(11)19-15/h4-8H,9H2,1-3H3/b5-4+/t15-/m1/s1. The fourth-order valence-electron chi connectivity index (χ4n) is 2.21. The molecule has 100 valence electrons. The minimum Gasteiger partial charge on any atom is -0.466 e. The molecular weight excluding hydrogens is 244 g/mol. The van der Waals surface area contributed by atoms with Crippen LogP contribution in [0.1, 0.15) is 29.3 Å². The van der Waals surface area contributed by atoms with Crippen molar-refractivity contribution in [2.24, 2.45) is 0 Å². The van der Waals surface area contributed by atoms with Gasteiger partial charge in [0.1, 0.15) is 5.75 Å². The molecule has 2 rings (SSSR count). The Bertz CT molecular complexity index is 559. The van der Waals surface area contributed by atoms with Crippen molar-refractivity contribution in [1.82, 2.24) is 0 Å². The Morgan fingerprint density at radius 3 is 2.79 bits per heavy atom. The van der Waals surface area contributed by atoms with Crippen molar-refractivity contribution in [2.45, 2.75) is 25.9 Å². The van der Waals surface area contributed by atoms with Gasteiger partial charge in [0, 0.05) is 6.42 Å². The van der Waals surface area contributed by atoms with E-state index in [0.29, 0.717) is 11.3 Å². The summed E-state index contributed by atoms with van der Waals surface area (Å²) in [6, 6.07) is 5.29. The molecule has 4 heteroatoms. The highest BCUT2D eigenvalue weighted by atomic mass is 16.6. The van der Waals surface area contributed by atoms with E-state index < -0.39 is 11.6 Å². The molecule has 0 unspecified atom stereocenters. The van der Waals surface area contributed by atoms with Crippen molar-refractivity contribution in [3.63, 3.8) is 0 Å². The van der Waals surface area contributed by atoms with Crippen molar-refractivity contribution >= 4 is 11.8 Å². The van der Waals surface area contributed by atoms with Crippen molar-refractivity contribution < 1.29 is 19.1 Å². The number of aryl methyl sites for hydroxylation is 1. The lowest BCUT2D eigenvalue weighted by atomic mass is 9.91. The number of esters is 1. The second-order valence-electron chi connectivity index (χ2n) is 4.47. The molecule has 0 radical (unpaired) electrons. The van der Waals surface area contributed by atoms with Gasteiger partial charge in [-0.3, -0.25) is 4.79 Å². The molecule has 1 heterocycles. The third kappa shape index (κ3) is 1.93. The normalized spacial score (nSPS) is 21.3. The Labute approximate surface area is 112 Å². The summed E-state index contributed by atoms with van der Waals surface area (Å²) in [6.07, 6.45) is 3.68. The van der Waals surface area contributed by atoms with Crippen LogP contribution in [0.2, 0.25) is 0 Å². The van der Waals surface area contributed by atoms with Crippen molar-refractivity contribution in [2.75, 3.05) is 7.11 Å². The molecule has 1 aliphatic rings. The lowest BCUT2D eigenvalue weighted by Gasteiger charge is -2.23. The number of carbonyl (C=O) groups is 2. The van der Waals surface area contributed by atoms with E-state index in [1.165, 1.54) is 7.11 Å². The molecule has 0 aromatic heterocycles. The molecule has 0 aliphatic carbocycles. The van der Waals surface area contributed by atoms with E-state index in [2.05, 4.69) is 0 Å². The van der Waals surface area contributed by atoms with Crippen LogP contribution in [0.15, 0.2) is 30.4 Å². The van der Waals surface area contributed by atoms with Gasteiger partial charge in [-0.1, -0.05) is 24.3 Å². The van der Waals surface area contributed by atoms with E-state index in [9.17, 15) is 9.59 Å². The molecule has 1 aromatic rings. The monoisotopic (exact) mass is 260 g/mol. The van der Waals surface area contributed by atoms with Crippen molar-refractivity contribution in [3.05, 3.63) is 41.5 Å². The van der Waals surface area contributed by atoms with Crippen LogP contribution in [-0.2, 0) is 9.53 Å². The number of ketones is 1. The summed E-state index contributed by atoms with van der Waals surface area (Å²) in [5.74, 6) is -0.523. The largest absolute Gasteiger partial charge is 0.466 e. The van der Waals surface area contributed by atoms with E-state index in [-0.39, 0.29) is 12.2 Å². The van der Waals surface area contributed by atoms with E-state index in [1.54, 1.807) is 24.3 Å². The zero-order chi connectivity index (χ0) is 14.0. The third-order valence-electron chi connectivity index (χ3n) is 3.26. The Hall–Kier alpha value is -2.10. The maximum absolute atomic E-state index is 12.5. The molecule has 0 saturated heterocycles. The Kier molecular flexibility index (Phi) is 3.42. The summed E-state index contributed by atoms with van der Waals surface area (Å²) in [5, 5.41) is 0. The Morgan fingerprint density at radius 1 is 1.47 bits per heavy atom. The van der Waals surface area contributed by atoms with Crippen LogP contribution < -0.4 is 4.74 Å². The molecule has 0 saturated carbocycles. The quantitative estimate of drug-likeness (QED) is 0.476. The first-order chi connectivity index (χ1) is 9.06. The summed E-state index contributed by atoms with van der Waals surface area (Å²) in [5.41, 5.74) is -0.303. The van der Waals surface area contributed by atoms with Crippen molar-refractivity contribution in [3.8, 4) is 5.75 Å². The summed E-state index contributed by atoms with van der Waals surface area (Å²) in [6.45, 7) is 3.66. The van der Waals surface area contributed by atoms with Gasteiger partial charge in [0.2, 0.25) is 5.78 Å². The average molecular weight is 260 g/mol. The molecule has 0 bridgehead atoms. The van der Waals surface area contributed by atoms with E-state index in [1.807, 2.05) is 19.9 Å². The molecule has 0 amide bonds. The van der Waals surface area contributed by atoms with E-state index in [4.69, 9.17) is 9.47 Å². The van der Waals surface area contributed by atoms with Crippen LogP contribution >= 0.6 is 0 Å². The SMILES string of the molecule is C/C=C/C[C@@]1(C(=O)OC)Oc2c(C)cccc2C1=O. The zero-order valence-corrected chi connectivity index (χ0v) is 11.2. The summed E-state index contributed by atoms with van der Waals surface area (Å²) >= 11 is 0. The maximum atomic E-state index is 12.5. The van der Waals surface area contributed by atoms with E-state index in [0.717, 1.165) is 5.56 Å². The molecule has 0 fully saturated rings. The van der Waals surface area contributed by atoms with Gasteiger partial charge in [0.25, 0.3) is 5.60 Å². The molecule has 4 nitrogen and oxygen atoms in total. The lowest BCUT2D eigenvalue weighted by molar-refractivity contribution is -0.153. The number of hydrogen-bond acceptors (Lipinski definition) is 4. The zero-order valence-electron chi connectivity index (χ0n) is 11.2. The molecule has 1 aromatic carbocycles. The molecule has 0 spiro atoms. The van der Waals surface area contributed by atoms with Crippen molar-refractivity contribution in [1.29, 1.82) is 0 Å². The van der Waals surface area contributed by atoms with Gasteiger partial charge in [-0.15, -0.1) is 0 Å². The molecular formula is C15H16O4. The summed E-state index contributed by atoms with van der Waals surface area (Å²) in [7, 11) is 1.26. The predicted molar refractivity (Wildman–Crippen MR) is 70.3 cm³/mol. The fraction of sp³-hybridized carbons (Fsp3) is 0.333. The van der Waals surface area contributed by atoms with Crippen LogP contribution in [0.5, 0.6) is 5.75 Å². The van der Waals surface area contributed by atoms with Gasteiger partial charge < -0.3 is 9.47 Å². The second-order valence-corrected chi connectivity index (χ2v) is 4.47. The minimum atomic E-state index is -1.57. The number of methoxy groups -OCH3 is 1. The minimum absolute atomic E-state index is 0.170. The number of Topliss-reactive ketones (excluding diaryl/α,β-unsaturated/α-hetero) is 1. The first-order valence-corrected chi connectivity index (χ1v) is 6.10. The highest BCUT2D eigenvalue weighted by Gasteiger charge is 2.54. The van der Waals surface area contributed by atoms with Gasteiger partial charge in [-0.25, -0.2) is 4.79 Å². The lowest BCUT2D eigenvalue weighted by Crippen LogP contribution is -2.48. The van der Waals surface area contributed by atoms with Crippen LogP contribution in [0.4, 0.5) is 0 Å². The van der Waals surface area contributed by atoms with Gasteiger partial charge in [-0.05, 0) is 25.5 Å². The van der Waals surface area contributed by atoms with Gasteiger partial charge in [-0.2, -0.15) is 0 Å². The first-order valence-electron chi connectivity index (χ1n) is 6.10. The Balaban J connectivity index is 2.52. The number of benzene rings is 1. The maximum Gasteiger partial charge on any atom is 0.358 e. The van der Waals surface area contributed by atoms with Crippen LogP contribution in [0.3, 0.4) is 0 Å². The number of allylic oxidation sites excluding steroid dienone is 1. The van der Waals surface area contributed by atoms with Crippen LogP contribution in [0, 0.1) is 6.92 Å². The number of hydrogen-bond donors (Lipinski definition) is 0. The van der Waals surface area contributed by atoms with Gasteiger partial charge >= 0.3 is 5.97 Å². The number of rotatable bonds is 3. The molecule has 1 atom stereocenters. The highest BCUT2D eigenvalue weighted by molar-refractivity contribution is 6.19. The van der Waals surface area contributed by atoms with Crippen LogP contribution in [-0.4, -0.2) is 24.5 Å². The van der Waals surface area contributed by atoms with E-state index >= 15 is 0 Å². The fourth-order valence-corrected chi connectivity index (χ4v) is 2.21. The Morgan fingerprint density at radius 2 is 2.21 bits per heavy atom. The molecule has 1 aliphatic heterocycles. The summed E-state index contributed by atoms with van der Waals surface area (Å²) < 4.78 is 10.5. The molecule has 0 N–H and O–H groups in total. The topological polar surface area (TPSA) is 52.6 Å². The number of carbonyl (C=O) groups excluding carboxylic acids is 2. The average Bonchev–Trinajstić information content (AvgIpc) is 2.72. The smallest absolute Gasteiger partial charge is 0.358 e. The molecule has 19 heavy (non-hydrogen) atoms. The van der Waals surface area contributed by atoms with Gasteiger partial charge in [0.05, 0.1) is 12.7 Å². The number of ether oxygens (including phenoxy) is 2. The summed E-state index contributed by atoms with van der Waals surface area (Å²) in [4.78, 5) is 24.5. The predicted octanol–water partition coefficient (Wildman–Crippen LogP) is 2.45.